The van der Waals surface area contributed by atoms with E-state index in [0.29, 0.717) is 5.75 Å². The Labute approximate surface area is 161 Å². The van der Waals surface area contributed by atoms with Crippen LogP contribution in [0.3, 0.4) is 0 Å². The zero-order valence-electron chi connectivity index (χ0n) is 17.0. The van der Waals surface area contributed by atoms with Gasteiger partial charge in [-0.15, -0.1) is 0 Å². The summed E-state index contributed by atoms with van der Waals surface area (Å²) in [5.41, 5.74) is 6.34. The summed E-state index contributed by atoms with van der Waals surface area (Å²) in [5, 5.41) is 0. The van der Waals surface area contributed by atoms with Crippen molar-refractivity contribution in [3.63, 3.8) is 0 Å². The molecule has 0 aromatic heterocycles. The molecule has 2 aromatic carbocycles. The van der Waals surface area contributed by atoms with Crippen molar-refractivity contribution >= 4 is 7.82 Å². The van der Waals surface area contributed by atoms with E-state index < -0.39 is 7.82 Å². The minimum atomic E-state index is -4.08. The minimum absolute atomic E-state index is 0.116. The highest BCUT2D eigenvalue weighted by Crippen LogP contribution is 2.45. The zero-order chi connectivity index (χ0) is 20.2. The van der Waals surface area contributed by atoms with Gasteiger partial charge in [0.15, 0.2) is 0 Å². The molecule has 0 fully saturated rings. The van der Waals surface area contributed by atoms with Crippen LogP contribution in [0.15, 0.2) is 24.3 Å². The van der Waals surface area contributed by atoms with Crippen LogP contribution in [-0.4, -0.2) is 18.6 Å². The number of hydrogen-bond donors (Lipinski definition) is 1. The van der Waals surface area contributed by atoms with Crippen molar-refractivity contribution in [2.45, 2.75) is 47.5 Å². The van der Waals surface area contributed by atoms with Crippen LogP contribution in [0.25, 0.3) is 0 Å². The van der Waals surface area contributed by atoms with Crippen LogP contribution in [0.5, 0.6) is 11.5 Å². The van der Waals surface area contributed by atoms with Crippen molar-refractivity contribution in [3.05, 3.63) is 57.6 Å². The van der Waals surface area contributed by atoms with E-state index in [1.165, 1.54) is 5.56 Å². The highest BCUT2D eigenvalue weighted by molar-refractivity contribution is 7.47. The first-order valence-corrected chi connectivity index (χ1v) is 10.6. The topological polar surface area (TPSA) is 65.0 Å². The van der Waals surface area contributed by atoms with Crippen molar-refractivity contribution in [2.24, 2.45) is 0 Å². The third-order valence-electron chi connectivity index (χ3n) is 4.45. The van der Waals surface area contributed by atoms with Crippen LogP contribution in [0.1, 0.15) is 40.3 Å². The molecular weight excluding hydrogens is 363 g/mol. The van der Waals surface area contributed by atoms with E-state index >= 15 is 0 Å². The fraction of sp³-hybridized carbons (Fsp3) is 0.429. The summed E-state index contributed by atoms with van der Waals surface area (Å²) in [5.74, 6) is 1.35. The van der Waals surface area contributed by atoms with E-state index in [1.54, 1.807) is 14.0 Å². The Morgan fingerprint density at radius 3 is 1.63 bits per heavy atom. The van der Waals surface area contributed by atoms with E-state index in [-0.39, 0.29) is 6.61 Å². The van der Waals surface area contributed by atoms with Crippen molar-refractivity contribution in [3.8, 4) is 11.5 Å². The molecule has 1 atom stereocenters. The molecule has 5 nitrogen and oxygen atoms in total. The second-order valence-corrected chi connectivity index (χ2v) is 8.18. The SMILES string of the molecule is CCOP(=O)(O)Oc1c(C)cc(CCc2cc(C)c(OC)c(C)c2)cc1C. The average molecular weight is 392 g/mol. The molecule has 2 aromatic rings. The van der Waals surface area contributed by atoms with Gasteiger partial charge < -0.3 is 9.26 Å². The van der Waals surface area contributed by atoms with Crippen LogP contribution < -0.4 is 9.26 Å². The molecule has 2 rings (SSSR count). The van der Waals surface area contributed by atoms with Gasteiger partial charge in [0.1, 0.15) is 11.5 Å². The van der Waals surface area contributed by atoms with Crippen LogP contribution in [0, 0.1) is 27.7 Å². The number of rotatable bonds is 8. The average Bonchev–Trinajstić information content (AvgIpc) is 2.56. The van der Waals surface area contributed by atoms with Crippen molar-refractivity contribution in [1.82, 2.24) is 0 Å². The molecule has 0 amide bonds. The first-order valence-electron chi connectivity index (χ1n) is 9.08. The Hall–Kier alpha value is -1.81. The minimum Gasteiger partial charge on any atom is -0.496 e. The number of phosphoric acid groups is 1. The number of aryl methyl sites for hydroxylation is 6. The highest BCUT2D eigenvalue weighted by atomic mass is 31.2. The third-order valence-corrected chi connectivity index (χ3v) is 5.44. The summed E-state index contributed by atoms with van der Waals surface area (Å²) < 4.78 is 27.4. The summed E-state index contributed by atoms with van der Waals surface area (Å²) in [6, 6.07) is 8.31. The lowest BCUT2D eigenvalue weighted by atomic mass is 9.97. The number of methoxy groups -OCH3 is 1. The van der Waals surface area contributed by atoms with Gasteiger partial charge in [0, 0.05) is 0 Å². The first-order chi connectivity index (χ1) is 12.7. The molecule has 0 radical (unpaired) electrons. The molecule has 0 aliphatic carbocycles. The quantitative estimate of drug-likeness (QED) is 0.623. The molecular formula is C21H29O5P. The molecule has 0 spiro atoms. The molecule has 27 heavy (non-hydrogen) atoms. The zero-order valence-corrected chi connectivity index (χ0v) is 17.9. The molecule has 1 unspecified atom stereocenters. The molecule has 0 heterocycles. The Morgan fingerprint density at radius 1 is 0.852 bits per heavy atom. The van der Waals surface area contributed by atoms with E-state index in [1.807, 2.05) is 26.0 Å². The first kappa shape index (κ1) is 21.5. The summed E-state index contributed by atoms with van der Waals surface area (Å²) in [6.45, 7) is 9.63. The largest absolute Gasteiger partial charge is 0.527 e. The van der Waals surface area contributed by atoms with Gasteiger partial charge in [-0.05, 0) is 80.8 Å². The fourth-order valence-corrected chi connectivity index (χ4v) is 4.33. The predicted molar refractivity (Wildman–Crippen MR) is 108 cm³/mol. The van der Waals surface area contributed by atoms with E-state index in [2.05, 4.69) is 26.0 Å². The molecule has 0 saturated heterocycles. The summed E-state index contributed by atoms with van der Waals surface area (Å²) in [7, 11) is -2.38. The summed E-state index contributed by atoms with van der Waals surface area (Å²) >= 11 is 0. The standard InChI is InChI=1S/C21H29O5P/c1-7-25-27(22,23)26-21-16(4)12-19(13-17(21)5)9-8-18-10-14(2)20(24-6)15(3)11-18/h10-13H,7-9H2,1-6H3,(H,22,23). The normalized spacial score (nSPS) is 13.3. The van der Waals surface area contributed by atoms with E-state index in [9.17, 15) is 9.46 Å². The maximum absolute atomic E-state index is 11.9. The lowest BCUT2D eigenvalue weighted by molar-refractivity contribution is 0.212. The van der Waals surface area contributed by atoms with Crippen LogP contribution >= 0.6 is 7.82 Å². The molecule has 0 aliphatic heterocycles. The Bertz CT molecular complexity index is 814. The Balaban J connectivity index is 2.16. The Kier molecular flexibility index (Phi) is 7.10. The summed E-state index contributed by atoms with van der Waals surface area (Å²) in [6.07, 6.45) is 1.78. The Morgan fingerprint density at radius 2 is 1.26 bits per heavy atom. The lowest BCUT2D eigenvalue weighted by Gasteiger charge is -2.17. The van der Waals surface area contributed by atoms with Gasteiger partial charge >= 0.3 is 7.82 Å². The number of ether oxygens (including phenoxy) is 1. The van der Waals surface area contributed by atoms with Crippen LogP contribution in [0.4, 0.5) is 0 Å². The van der Waals surface area contributed by atoms with Crippen LogP contribution in [-0.2, 0) is 21.9 Å². The molecule has 148 valence electrons. The van der Waals surface area contributed by atoms with Gasteiger partial charge in [0.05, 0.1) is 13.7 Å². The number of hydrogen-bond acceptors (Lipinski definition) is 4. The third kappa shape index (κ3) is 5.58. The maximum atomic E-state index is 11.9. The van der Waals surface area contributed by atoms with Crippen molar-refractivity contribution in [2.75, 3.05) is 13.7 Å². The lowest BCUT2D eigenvalue weighted by Crippen LogP contribution is -2.01. The van der Waals surface area contributed by atoms with Gasteiger partial charge in [-0.3, -0.25) is 9.42 Å². The van der Waals surface area contributed by atoms with Crippen LogP contribution in [0.2, 0.25) is 0 Å². The van der Waals surface area contributed by atoms with E-state index in [4.69, 9.17) is 13.8 Å². The molecule has 1 N–H and O–H groups in total. The monoisotopic (exact) mass is 392 g/mol. The molecule has 0 aliphatic rings. The summed E-state index contributed by atoms with van der Waals surface area (Å²) in [4.78, 5) is 9.73. The van der Waals surface area contributed by atoms with E-state index in [0.717, 1.165) is 46.4 Å². The fourth-order valence-electron chi connectivity index (χ4n) is 3.43. The number of benzene rings is 2. The molecule has 0 bridgehead atoms. The smallest absolute Gasteiger partial charge is 0.496 e. The highest BCUT2D eigenvalue weighted by Gasteiger charge is 2.24. The second kappa shape index (κ2) is 8.92. The molecule has 6 heteroatoms. The van der Waals surface area contributed by atoms with Crippen molar-refractivity contribution in [1.29, 1.82) is 0 Å². The van der Waals surface area contributed by atoms with Gasteiger partial charge in [-0.1, -0.05) is 24.3 Å². The van der Waals surface area contributed by atoms with Gasteiger partial charge in [-0.2, -0.15) is 0 Å². The van der Waals surface area contributed by atoms with Gasteiger partial charge in [0.25, 0.3) is 0 Å². The molecule has 0 saturated carbocycles. The van der Waals surface area contributed by atoms with Gasteiger partial charge in [0.2, 0.25) is 0 Å². The number of phosphoric ester groups is 1. The van der Waals surface area contributed by atoms with Crippen molar-refractivity contribution < 1.29 is 23.2 Å². The predicted octanol–water partition coefficient (Wildman–Crippen LogP) is 5.23. The van der Waals surface area contributed by atoms with Gasteiger partial charge in [-0.25, -0.2) is 4.57 Å². The maximum Gasteiger partial charge on any atom is 0.527 e. The second-order valence-electron chi connectivity index (χ2n) is 6.80.